The van der Waals surface area contributed by atoms with E-state index in [1.165, 1.54) is 24.0 Å². The molecule has 3 rings (SSSR count). The molecule has 0 amide bonds. The lowest BCUT2D eigenvalue weighted by molar-refractivity contribution is 0.177. The van der Waals surface area contributed by atoms with E-state index in [1.54, 1.807) is 0 Å². The van der Waals surface area contributed by atoms with Gasteiger partial charge in [0.15, 0.2) is 5.11 Å². The van der Waals surface area contributed by atoms with Crippen LogP contribution in [0.1, 0.15) is 30.9 Å². The van der Waals surface area contributed by atoms with Crippen molar-refractivity contribution in [1.29, 1.82) is 0 Å². The maximum atomic E-state index is 6.09. The fraction of sp³-hybridized carbons (Fsp3) is 0.409. The fourth-order valence-corrected chi connectivity index (χ4v) is 3.85. The Labute approximate surface area is 173 Å². The van der Waals surface area contributed by atoms with E-state index in [0.717, 1.165) is 55.0 Å². The predicted molar refractivity (Wildman–Crippen MR) is 120 cm³/mol. The molecule has 27 heavy (non-hydrogen) atoms. The number of hydrogen-bond donors (Lipinski definition) is 1. The monoisotopic (exact) mass is 401 g/mol. The lowest BCUT2D eigenvalue weighted by atomic mass is 10.1. The van der Waals surface area contributed by atoms with Crippen molar-refractivity contribution >= 4 is 34.6 Å². The number of anilines is 1. The van der Waals surface area contributed by atoms with Crippen molar-refractivity contribution in [3.8, 4) is 0 Å². The van der Waals surface area contributed by atoms with Crippen molar-refractivity contribution in [1.82, 2.24) is 9.80 Å². The maximum absolute atomic E-state index is 6.09. The van der Waals surface area contributed by atoms with Gasteiger partial charge in [-0.1, -0.05) is 49.2 Å². The van der Waals surface area contributed by atoms with Gasteiger partial charge in [0.05, 0.1) is 0 Å². The van der Waals surface area contributed by atoms with Crippen molar-refractivity contribution in [3.63, 3.8) is 0 Å². The first-order valence-electron chi connectivity index (χ1n) is 9.75. The van der Waals surface area contributed by atoms with E-state index >= 15 is 0 Å². The molecule has 0 spiro atoms. The van der Waals surface area contributed by atoms with Gasteiger partial charge in [0.1, 0.15) is 0 Å². The highest BCUT2D eigenvalue weighted by Gasteiger charge is 2.19. The van der Waals surface area contributed by atoms with Crippen LogP contribution in [0, 0.1) is 0 Å². The predicted octanol–water partition coefficient (Wildman–Crippen LogP) is 5.20. The average Bonchev–Trinajstić information content (AvgIpc) is 2.68. The summed E-state index contributed by atoms with van der Waals surface area (Å²) in [4.78, 5) is 4.71. The Balaban J connectivity index is 1.45. The van der Waals surface area contributed by atoms with Gasteiger partial charge in [0.2, 0.25) is 0 Å². The van der Waals surface area contributed by atoms with Crippen molar-refractivity contribution < 1.29 is 0 Å². The molecule has 0 saturated carbocycles. The minimum atomic E-state index is 0.803. The second-order valence-electron chi connectivity index (χ2n) is 7.12. The van der Waals surface area contributed by atoms with Gasteiger partial charge in [-0.25, -0.2) is 0 Å². The normalized spacial score (nSPS) is 15.0. The zero-order chi connectivity index (χ0) is 19.1. The van der Waals surface area contributed by atoms with Gasteiger partial charge in [-0.05, 0) is 60.5 Å². The SMILES string of the molecule is CCCCc1ccc(NC(=S)N2CCN(Cc3cccc(Cl)c3)CC2)cc1. The highest BCUT2D eigenvalue weighted by molar-refractivity contribution is 7.80. The molecular formula is C22H28ClN3S. The summed E-state index contributed by atoms with van der Waals surface area (Å²) >= 11 is 11.7. The van der Waals surface area contributed by atoms with E-state index in [1.807, 2.05) is 18.2 Å². The summed E-state index contributed by atoms with van der Waals surface area (Å²) in [6.07, 6.45) is 3.62. The highest BCUT2D eigenvalue weighted by atomic mass is 35.5. The Morgan fingerprint density at radius 3 is 2.44 bits per heavy atom. The first kappa shape index (κ1) is 20.1. The summed E-state index contributed by atoms with van der Waals surface area (Å²) < 4.78 is 0. The van der Waals surface area contributed by atoms with E-state index in [2.05, 4.69) is 52.4 Å². The van der Waals surface area contributed by atoms with E-state index in [-0.39, 0.29) is 0 Å². The number of aryl methyl sites for hydroxylation is 1. The second kappa shape index (κ2) is 10.1. The van der Waals surface area contributed by atoms with Crippen LogP contribution in [0.4, 0.5) is 5.69 Å². The molecule has 1 N–H and O–H groups in total. The molecule has 2 aromatic rings. The van der Waals surface area contributed by atoms with Crippen LogP contribution in [0.3, 0.4) is 0 Å². The van der Waals surface area contributed by atoms with Gasteiger partial charge in [-0.2, -0.15) is 0 Å². The van der Waals surface area contributed by atoms with Crippen LogP contribution in [0.15, 0.2) is 48.5 Å². The standard InChI is InChI=1S/C22H28ClN3S/c1-2-3-5-18-8-10-21(11-9-18)24-22(27)26-14-12-25(13-15-26)17-19-6-4-7-20(23)16-19/h4,6-11,16H,2-3,5,12-15,17H2,1H3,(H,24,27). The molecule has 0 atom stereocenters. The molecule has 2 aromatic carbocycles. The van der Waals surface area contributed by atoms with E-state index in [0.29, 0.717) is 0 Å². The fourth-order valence-electron chi connectivity index (χ4n) is 3.34. The van der Waals surface area contributed by atoms with Crippen LogP contribution in [-0.4, -0.2) is 41.1 Å². The Morgan fingerprint density at radius 1 is 1.04 bits per heavy atom. The molecule has 0 radical (unpaired) electrons. The first-order valence-corrected chi connectivity index (χ1v) is 10.5. The van der Waals surface area contributed by atoms with Gasteiger partial charge in [0, 0.05) is 43.4 Å². The largest absolute Gasteiger partial charge is 0.346 e. The Morgan fingerprint density at radius 2 is 1.78 bits per heavy atom. The zero-order valence-electron chi connectivity index (χ0n) is 16.0. The molecular weight excluding hydrogens is 374 g/mol. The third kappa shape index (κ3) is 6.20. The molecule has 0 unspecified atom stereocenters. The number of nitrogens with one attached hydrogen (secondary N) is 1. The molecule has 1 aliphatic rings. The van der Waals surface area contributed by atoms with Gasteiger partial charge in [-0.3, -0.25) is 4.90 Å². The quantitative estimate of drug-likeness (QED) is 0.670. The summed E-state index contributed by atoms with van der Waals surface area (Å²) in [7, 11) is 0. The number of benzene rings is 2. The van der Waals surface area contributed by atoms with Crippen molar-refractivity contribution in [3.05, 3.63) is 64.7 Å². The van der Waals surface area contributed by atoms with Crippen molar-refractivity contribution in [2.24, 2.45) is 0 Å². The Hall–Kier alpha value is -1.62. The van der Waals surface area contributed by atoms with Crippen LogP contribution in [0.2, 0.25) is 5.02 Å². The van der Waals surface area contributed by atoms with E-state index < -0.39 is 0 Å². The van der Waals surface area contributed by atoms with E-state index in [4.69, 9.17) is 23.8 Å². The molecule has 0 bridgehead atoms. The molecule has 0 aromatic heterocycles. The van der Waals surface area contributed by atoms with Crippen LogP contribution < -0.4 is 5.32 Å². The number of piperazine rings is 1. The summed E-state index contributed by atoms with van der Waals surface area (Å²) in [5.41, 5.74) is 3.73. The molecule has 1 aliphatic heterocycles. The average molecular weight is 402 g/mol. The number of unbranched alkanes of at least 4 members (excludes halogenated alkanes) is 1. The molecule has 1 saturated heterocycles. The van der Waals surface area contributed by atoms with Crippen LogP contribution >= 0.6 is 23.8 Å². The van der Waals surface area contributed by atoms with Gasteiger partial charge >= 0.3 is 0 Å². The Kier molecular flexibility index (Phi) is 7.50. The molecule has 3 nitrogen and oxygen atoms in total. The highest BCUT2D eigenvalue weighted by Crippen LogP contribution is 2.16. The molecule has 0 aliphatic carbocycles. The van der Waals surface area contributed by atoms with Crippen molar-refractivity contribution in [2.75, 3.05) is 31.5 Å². The molecule has 1 heterocycles. The summed E-state index contributed by atoms with van der Waals surface area (Å²) in [6.45, 7) is 7.06. The molecule has 1 fully saturated rings. The van der Waals surface area contributed by atoms with Crippen LogP contribution in [0.5, 0.6) is 0 Å². The van der Waals surface area contributed by atoms with Gasteiger partial charge < -0.3 is 10.2 Å². The summed E-state index contributed by atoms with van der Waals surface area (Å²) in [5, 5.41) is 5.01. The number of hydrogen-bond acceptors (Lipinski definition) is 2. The number of nitrogens with zero attached hydrogens (tertiary/aromatic N) is 2. The Bertz CT molecular complexity index is 739. The summed E-state index contributed by atoms with van der Waals surface area (Å²) in [5.74, 6) is 0. The van der Waals surface area contributed by atoms with Crippen LogP contribution in [-0.2, 0) is 13.0 Å². The zero-order valence-corrected chi connectivity index (χ0v) is 17.5. The number of halogens is 1. The lowest BCUT2D eigenvalue weighted by Gasteiger charge is -2.36. The smallest absolute Gasteiger partial charge is 0.173 e. The van der Waals surface area contributed by atoms with Gasteiger partial charge in [-0.15, -0.1) is 0 Å². The maximum Gasteiger partial charge on any atom is 0.173 e. The third-order valence-corrected chi connectivity index (χ3v) is 5.57. The lowest BCUT2D eigenvalue weighted by Crippen LogP contribution is -2.49. The molecule has 144 valence electrons. The third-order valence-electron chi connectivity index (χ3n) is 4.98. The summed E-state index contributed by atoms with van der Waals surface area (Å²) in [6, 6.07) is 16.8. The second-order valence-corrected chi connectivity index (χ2v) is 7.95. The topological polar surface area (TPSA) is 18.5 Å². The van der Waals surface area contributed by atoms with Gasteiger partial charge in [0.25, 0.3) is 0 Å². The number of rotatable bonds is 6. The molecule has 5 heteroatoms. The minimum Gasteiger partial charge on any atom is -0.346 e. The van der Waals surface area contributed by atoms with Crippen LogP contribution in [0.25, 0.3) is 0 Å². The van der Waals surface area contributed by atoms with Crippen molar-refractivity contribution in [2.45, 2.75) is 32.7 Å². The van der Waals surface area contributed by atoms with E-state index in [9.17, 15) is 0 Å². The minimum absolute atomic E-state index is 0.803. The first-order chi connectivity index (χ1) is 13.1. The number of thiocarbonyl (C=S) groups is 1.